The summed E-state index contributed by atoms with van der Waals surface area (Å²) in [4.78, 5) is 10.2. The molecule has 3 atom stereocenters. The van der Waals surface area contributed by atoms with Crippen LogP contribution >= 0.6 is 0 Å². The summed E-state index contributed by atoms with van der Waals surface area (Å²) < 4.78 is 5.16. The van der Waals surface area contributed by atoms with Crippen molar-refractivity contribution in [3.05, 3.63) is 0 Å². The number of rotatable bonds is 7. The second-order valence-corrected chi connectivity index (χ2v) is 3.79. The van der Waals surface area contributed by atoms with Gasteiger partial charge in [0.05, 0.1) is 25.4 Å². The molecule has 0 aliphatic carbocycles. The van der Waals surface area contributed by atoms with Crippen molar-refractivity contribution in [2.24, 2.45) is 5.92 Å². The van der Waals surface area contributed by atoms with Crippen LogP contribution in [0.15, 0.2) is 0 Å². The van der Waals surface area contributed by atoms with Crippen molar-refractivity contribution in [3.63, 3.8) is 0 Å². The predicted molar refractivity (Wildman–Crippen MR) is 50.3 cm³/mol. The Morgan fingerprint density at radius 2 is 2.15 bits per heavy atom. The molecule has 0 bridgehead atoms. The third-order valence-electron chi connectivity index (χ3n) is 2.35. The van der Waals surface area contributed by atoms with Crippen molar-refractivity contribution in [3.8, 4) is 0 Å². The van der Waals surface area contributed by atoms with Crippen LogP contribution in [-0.4, -0.2) is 25.4 Å². The first kappa shape index (κ1) is 11.0. The van der Waals surface area contributed by atoms with Gasteiger partial charge >= 0.3 is 0 Å². The van der Waals surface area contributed by atoms with Gasteiger partial charge < -0.3 is 4.74 Å². The highest BCUT2D eigenvalue weighted by Gasteiger charge is 2.27. The Morgan fingerprint density at radius 1 is 1.46 bits per heavy atom. The lowest BCUT2D eigenvalue weighted by Gasteiger charge is -2.18. The third-order valence-corrected chi connectivity index (χ3v) is 2.35. The fourth-order valence-electron chi connectivity index (χ4n) is 1.14. The molecule has 0 amide bonds. The van der Waals surface area contributed by atoms with Crippen molar-refractivity contribution in [1.82, 2.24) is 0 Å². The Kier molecular flexibility index (Phi) is 4.70. The van der Waals surface area contributed by atoms with Gasteiger partial charge in [0.2, 0.25) is 0 Å². The van der Waals surface area contributed by atoms with Gasteiger partial charge in [-0.2, -0.15) is 0 Å². The minimum Gasteiger partial charge on any atom is -0.373 e. The molecule has 0 radical (unpaired) electrons. The lowest BCUT2D eigenvalue weighted by atomic mass is 10.0. The second-order valence-electron chi connectivity index (χ2n) is 3.79. The molecule has 1 aliphatic rings. The molecular weight excluding hydrogens is 168 g/mol. The smallest absolute Gasteiger partial charge is 0.0928 e. The van der Waals surface area contributed by atoms with Crippen LogP contribution in [0.25, 0.3) is 0 Å². The Balaban J connectivity index is 2.02. The Morgan fingerprint density at radius 3 is 2.69 bits per heavy atom. The highest BCUT2D eigenvalue weighted by molar-refractivity contribution is 4.74. The Bertz CT molecular complexity index is 134. The van der Waals surface area contributed by atoms with E-state index in [0.29, 0.717) is 18.6 Å². The summed E-state index contributed by atoms with van der Waals surface area (Å²) in [5.41, 5.74) is 0. The van der Waals surface area contributed by atoms with E-state index < -0.39 is 0 Å². The summed E-state index contributed by atoms with van der Waals surface area (Å²) in [7, 11) is 0. The number of epoxide rings is 1. The molecule has 78 valence electrons. The largest absolute Gasteiger partial charge is 0.373 e. The van der Waals surface area contributed by atoms with Crippen LogP contribution in [0.1, 0.15) is 33.6 Å². The zero-order valence-corrected chi connectivity index (χ0v) is 8.79. The Hall–Kier alpha value is -0.120. The molecule has 1 saturated heterocycles. The third kappa shape index (κ3) is 4.60. The standard InChI is InChI=1S/C10H20O3/c1-4-5-12-13-9(3)8(2)6-10-7-11-10/h8-10H,4-7H2,1-3H3. The van der Waals surface area contributed by atoms with E-state index in [0.717, 1.165) is 19.4 Å². The molecule has 3 nitrogen and oxygen atoms in total. The summed E-state index contributed by atoms with van der Waals surface area (Å²) >= 11 is 0. The molecule has 0 saturated carbocycles. The summed E-state index contributed by atoms with van der Waals surface area (Å²) in [6, 6.07) is 0. The van der Waals surface area contributed by atoms with Crippen molar-refractivity contribution < 1.29 is 14.5 Å². The summed E-state index contributed by atoms with van der Waals surface area (Å²) in [5, 5.41) is 0. The zero-order chi connectivity index (χ0) is 9.68. The fraction of sp³-hybridized carbons (Fsp3) is 1.00. The van der Waals surface area contributed by atoms with Gasteiger partial charge in [-0.15, -0.1) is 0 Å². The van der Waals surface area contributed by atoms with Crippen molar-refractivity contribution in [2.45, 2.75) is 45.8 Å². The fourth-order valence-corrected chi connectivity index (χ4v) is 1.14. The molecule has 0 spiro atoms. The SMILES string of the molecule is CCCOOC(C)C(C)CC1CO1. The van der Waals surface area contributed by atoms with E-state index in [4.69, 9.17) is 14.5 Å². The summed E-state index contributed by atoms with van der Waals surface area (Å²) in [5.74, 6) is 0.504. The van der Waals surface area contributed by atoms with Crippen LogP contribution in [0.5, 0.6) is 0 Å². The summed E-state index contributed by atoms with van der Waals surface area (Å²) in [6.45, 7) is 7.88. The summed E-state index contributed by atoms with van der Waals surface area (Å²) in [6.07, 6.45) is 2.71. The van der Waals surface area contributed by atoms with Crippen LogP contribution in [0.3, 0.4) is 0 Å². The average molecular weight is 188 g/mol. The molecule has 13 heavy (non-hydrogen) atoms. The molecule has 0 N–H and O–H groups in total. The van der Waals surface area contributed by atoms with E-state index in [9.17, 15) is 0 Å². The normalized spacial score (nSPS) is 25.6. The van der Waals surface area contributed by atoms with Crippen LogP contribution < -0.4 is 0 Å². The van der Waals surface area contributed by atoms with Crippen molar-refractivity contribution in [1.29, 1.82) is 0 Å². The van der Waals surface area contributed by atoms with Gasteiger partial charge in [0, 0.05) is 0 Å². The maximum atomic E-state index is 5.22. The molecule has 1 fully saturated rings. The van der Waals surface area contributed by atoms with Gasteiger partial charge in [-0.1, -0.05) is 13.8 Å². The minimum atomic E-state index is 0.163. The monoisotopic (exact) mass is 188 g/mol. The van der Waals surface area contributed by atoms with Gasteiger partial charge in [0.15, 0.2) is 0 Å². The van der Waals surface area contributed by atoms with E-state index in [-0.39, 0.29) is 6.10 Å². The van der Waals surface area contributed by atoms with Crippen LogP contribution in [0.4, 0.5) is 0 Å². The molecule has 1 heterocycles. The van der Waals surface area contributed by atoms with Gasteiger partial charge in [-0.25, -0.2) is 9.78 Å². The molecule has 3 heteroatoms. The van der Waals surface area contributed by atoms with Gasteiger partial charge in [0.25, 0.3) is 0 Å². The van der Waals surface area contributed by atoms with E-state index in [1.165, 1.54) is 0 Å². The maximum Gasteiger partial charge on any atom is 0.0928 e. The molecule has 1 aliphatic heterocycles. The quantitative estimate of drug-likeness (QED) is 0.265. The van der Waals surface area contributed by atoms with E-state index in [1.54, 1.807) is 0 Å². The molecule has 0 aromatic heterocycles. The van der Waals surface area contributed by atoms with Crippen molar-refractivity contribution in [2.75, 3.05) is 13.2 Å². The van der Waals surface area contributed by atoms with Crippen LogP contribution in [0.2, 0.25) is 0 Å². The van der Waals surface area contributed by atoms with E-state index >= 15 is 0 Å². The first-order chi connectivity index (χ1) is 6.24. The van der Waals surface area contributed by atoms with Gasteiger partial charge in [-0.05, 0) is 25.7 Å². The number of hydrogen-bond donors (Lipinski definition) is 0. The minimum absolute atomic E-state index is 0.163. The molecule has 0 aromatic carbocycles. The number of ether oxygens (including phenoxy) is 1. The van der Waals surface area contributed by atoms with Gasteiger partial charge in [0.1, 0.15) is 0 Å². The molecule has 3 unspecified atom stereocenters. The van der Waals surface area contributed by atoms with Gasteiger partial charge in [-0.3, -0.25) is 0 Å². The average Bonchev–Trinajstić information content (AvgIpc) is 2.88. The first-order valence-electron chi connectivity index (χ1n) is 5.14. The van der Waals surface area contributed by atoms with Crippen LogP contribution in [0, 0.1) is 5.92 Å². The zero-order valence-electron chi connectivity index (χ0n) is 8.79. The van der Waals surface area contributed by atoms with Crippen LogP contribution in [-0.2, 0) is 14.5 Å². The van der Waals surface area contributed by atoms with Crippen molar-refractivity contribution >= 4 is 0 Å². The van der Waals surface area contributed by atoms with E-state index in [2.05, 4.69) is 13.8 Å². The highest BCUT2D eigenvalue weighted by atomic mass is 17.2. The second kappa shape index (κ2) is 5.58. The maximum absolute atomic E-state index is 5.22. The topological polar surface area (TPSA) is 31.0 Å². The lowest BCUT2D eigenvalue weighted by molar-refractivity contribution is -0.328. The van der Waals surface area contributed by atoms with E-state index in [1.807, 2.05) is 6.92 Å². The predicted octanol–water partition coefficient (Wildman–Crippen LogP) is 2.16. The highest BCUT2D eigenvalue weighted by Crippen LogP contribution is 2.22. The number of hydrogen-bond acceptors (Lipinski definition) is 3. The first-order valence-corrected chi connectivity index (χ1v) is 5.14. The Labute approximate surface area is 80.3 Å². The molecule has 1 rings (SSSR count). The molecule has 0 aromatic rings. The lowest BCUT2D eigenvalue weighted by Crippen LogP contribution is -2.20. The molecular formula is C10H20O3.